The lowest BCUT2D eigenvalue weighted by atomic mass is 10.1. The average molecular weight is 194 g/mol. The van der Waals surface area contributed by atoms with Crippen molar-refractivity contribution in [2.45, 2.75) is 25.9 Å². The van der Waals surface area contributed by atoms with Crippen LogP contribution in [0.5, 0.6) is 0 Å². The predicted molar refractivity (Wildman–Crippen MR) is 51.7 cm³/mol. The second kappa shape index (κ2) is 3.84. The molecule has 0 aromatic carbocycles. The molecular weight excluding hydrogens is 180 g/mol. The van der Waals surface area contributed by atoms with Crippen LogP contribution in [-0.4, -0.2) is 18.5 Å². The Kier molecular flexibility index (Phi) is 2.54. The van der Waals surface area contributed by atoms with Gasteiger partial charge >= 0.3 is 0 Å². The number of carbonyl (C=O) groups is 1. The topological polar surface area (TPSA) is 54.3 Å². The van der Waals surface area contributed by atoms with Gasteiger partial charge in [-0.3, -0.25) is 4.79 Å². The van der Waals surface area contributed by atoms with Crippen LogP contribution in [0.2, 0.25) is 0 Å². The van der Waals surface area contributed by atoms with Gasteiger partial charge in [0.1, 0.15) is 5.76 Å². The van der Waals surface area contributed by atoms with Gasteiger partial charge in [0.25, 0.3) is 0 Å². The maximum Gasteiger partial charge on any atom is 0.237 e. The molecule has 1 saturated heterocycles. The molecule has 2 N–H and O–H groups in total. The molecule has 4 heteroatoms. The van der Waals surface area contributed by atoms with E-state index in [1.807, 2.05) is 13.0 Å². The van der Waals surface area contributed by atoms with Crippen molar-refractivity contribution in [1.82, 2.24) is 10.6 Å². The first kappa shape index (κ1) is 9.27. The summed E-state index contributed by atoms with van der Waals surface area (Å²) in [4.78, 5) is 11.4. The molecule has 1 amide bonds. The Hall–Kier alpha value is -1.29. The third-order valence-electron chi connectivity index (χ3n) is 2.53. The molecule has 0 spiro atoms. The fourth-order valence-corrected chi connectivity index (χ4v) is 1.39. The summed E-state index contributed by atoms with van der Waals surface area (Å²) in [6.45, 7) is 3.39. The monoisotopic (exact) mass is 194 g/mol. The van der Waals surface area contributed by atoms with Crippen LogP contribution >= 0.6 is 0 Å². The second-order valence-electron chi connectivity index (χ2n) is 3.54. The Morgan fingerprint density at radius 1 is 1.79 bits per heavy atom. The molecule has 1 fully saturated rings. The SMILES string of the molecule is Cc1ccoc1CNC(=O)C1CCN1. The number of carbonyl (C=O) groups excluding carboxylic acids is 1. The Balaban J connectivity index is 1.82. The quantitative estimate of drug-likeness (QED) is 0.739. The van der Waals surface area contributed by atoms with Crippen molar-refractivity contribution in [2.24, 2.45) is 0 Å². The van der Waals surface area contributed by atoms with Crippen LogP contribution < -0.4 is 10.6 Å². The van der Waals surface area contributed by atoms with Gasteiger partial charge in [0.15, 0.2) is 0 Å². The number of hydrogen-bond acceptors (Lipinski definition) is 3. The molecule has 0 radical (unpaired) electrons. The molecule has 2 heterocycles. The molecule has 0 aliphatic carbocycles. The highest BCUT2D eigenvalue weighted by atomic mass is 16.3. The third-order valence-corrected chi connectivity index (χ3v) is 2.53. The van der Waals surface area contributed by atoms with E-state index in [1.54, 1.807) is 6.26 Å². The van der Waals surface area contributed by atoms with Crippen molar-refractivity contribution in [2.75, 3.05) is 6.54 Å². The molecule has 1 aromatic rings. The molecule has 0 saturated carbocycles. The largest absolute Gasteiger partial charge is 0.467 e. The summed E-state index contributed by atoms with van der Waals surface area (Å²) < 4.78 is 5.21. The number of aryl methyl sites for hydroxylation is 1. The van der Waals surface area contributed by atoms with Gasteiger partial charge in [-0.25, -0.2) is 0 Å². The average Bonchev–Trinajstić information content (AvgIpc) is 2.44. The van der Waals surface area contributed by atoms with Gasteiger partial charge in [0.05, 0.1) is 18.8 Å². The van der Waals surface area contributed by atoms with E-state index in [0.717, 1.165) is 24.3 Å². The van der Waals surface area contributed by atoms with Crippen molar-refractivity contribution in [3.63, 3.8) is 0 Å². The molecular formula is C10H14N2O2. The molecule has 14 heavy (non-hydrogen) atoms. The summed E-state index contributed by atoms with van der Waals surface area (Å²) in [7, 11) is 0. The summed E-state index contributed by atoms with van der Waals surface area (Å²) >= 11 is 0. The summed E-state index contributed by atoms with van der Waals surface area (Å²) in [5, 5.41) is 5.88. The number of hydrogen-bond donors (Lipinski definition) is 2. The highest BCUT2D eigenvalue weighted by Crippen LogP contribution is 2.08. The lowest BCUT2D eigenvalue weighted by molar-refractivity contribution is -0.124. The van der Waals surface area contributed by atoms with E-state index < -0.39 is 0 Å². The number of furan rings is 1. The Bertz CT molecular complexity index is 329. The zero-order chi connectivity index (χ0) is 9.97. The molecule has 1 atom stereocenters. The van der Waals surface area contributed by atoms with E-state index in [0.29, 0.717) is 6.54 Å². The molecule has 1 aliphatic rings. The second-order valence-corrected chi connectivity index (χ2v) is 3.54. The highest BCUT2D eigenvalue weighted by Gasteiger charge is 2.24. The van der Waals surface area contributed by atoms with Crippen molar-refractivity contribution < 1.29 is 9.21 Å². The van der Waals surface area contributed by atoms with E-state index in [2.05, 4.69) is 10.6 Å². The fourth-order valence-electron chi connectivity index (χ4n) is 1.39. The van der Waals surface area contributed by atoms with Crippen molar-refractivity contribution in [1.29, 1.82) is 0 Å². The van der Waals surface area contributed by atoms with E-state index in [-0.39, 0.29) is 11.9 Å². The minimum Gasteiger partial charge on any atom is -0.467 e. The van der Waals surface area contributed by atoms with Gasteiger partial charge in [0, 0.05) is 0 Å². The minimum absolute atomic E-state index is 0.00488. The first-order valence-corrected chi connectivity index (χ1v) is 4.81. The van der Waals surface area contributed by atoms with Crippen molar-refractivity contribution in [3.05, 3.63) is 23.7 Å². The zero-order valence-electron chi connectivity index (χ0n) is 8.17. The Labute approximate surface area is 82.7 Å². The number of amides is 1. The van der Waals surface area contributed by atoms with E-state index in [4.69, 9.17) is 4.42 Å². The predicted octanol–water partition coefficient (Wildman–Crippen LogP) is 0.566. The van der Waals surface area contributed by atoms with Crippen LogP contribution in [0.15, 0.2) is 16.7 Å². The van der Waals surface area contributed by atoms with E-state index in [9.17, 15) is 4.79 Å². The standard InChI is InChI=1S/C10H14N2O2/c1-7-3-5-14-9(7)6-12-10(13)8-2-4-11-8/h3,5,8,11H,2,4,6H2,1H3,(H,12,13). The number of nitrogens with one attached hydrogen (secondary N) is 2. The van der Waals surface area contributed by atoms with E-state index in [1.165, 1.54) is 0 Å². The summed E-state index contributed by atoms with van der Waals surface area (Å²) in [5.41, 5.74) is 1.08. The van der Waals surface area contributed by atoms with Crippen LogP contribution in [0.4, 0.5) is 0 Å². The smallest absolute Gasteiger partial charge is 0.237 e. The summed E-state index contributed by atoms with van der Waals surface area (Å²) in [6.07, 6.45) is 2.57. The Morgan fingerprint density at radius 2 is 2.57 bits per heavy atom. The van der Waals surface area contributed by atoms with Gasteiger partial charge < -0.3 is 15.1 Å². The maximum absolute atomic E-state index is 11.4. The summed E-state index contributed by atoms with van der Waals surface area (Å²) in [6, 6.07) is 1.90. The number of rotatable bonds is 3. The normalized spacial score (nSPS) is 20.2. The fraction of sp³-hybridized carbons (Fsp3) is 0.500. The Morgan fingerprint density at radius 3 is 3.07 bits per heavy atom. The van der Waals surface area contributed by atoms with Gasteiger partial charge in [-0.15, -0.1) is 0 Å². The first-order chi connectivity index (χ1) is 6.77. The highest BCUT2D eigenvalue weighted by molar-refractivity contribution is 5.82. The lowest BCUT2D eigenvalue weighted by Crippen LogP contribution is -2.52. The molecule has 1 unspecified atom stereocenters. The van der Waals surface area contributed by atoms with Gasteiger partial charge in [-0.1, -0.05) is 0 Å². The van der Waals surface area contributed by atoms with Gasteiger partial charge in [-0.2, -0.15) is 0 Å². The van der Waals surface area contributed by atoms with E-state index >= 15 is 0 Å². The van der Waals surface area contributed by atoms with Crippen LogP contribution in [0, 0.1) is 6.92 Å². The van der Waals surface area contributed by atoms with Crippen molar-refractivity contribution in [3.8, 4) is 0 Å². The van der Waals surface area contributed by atoms with Crippen LogP contribution in [0.3, 0.4) is 0 Å². The van der Waals surface area contributed by atoms with Gasteiger partial charge in [-0.05, 0) is 31.5 Å². The molecule has 2 rings (SSSR count). The molecule has 1 aliphatic heterocycles. The van der Waals surface area contributed by atoms with Crippen LogP contribution in [-0.2, 0) is 11.3 Å². The van der Waals surface area contributed by atoms with Crippen LogP contribution in [0.25, 0.3) is 0 Å². The first-order valence-electron chi connectivity index (χ1n) is 4.81. The summed E-state index contributed by atoms with van der Waals surface area (Å²) in [5.74, 6) is 0.893. The lowest BCUT2D eigenvalue weighted by Gasteiger charge is -2.26. The zero-order valence-corrected chi connectivity index (χ0v) is 8.17. The molecule has 1 aromatic heterocycles. The molecule has 0 bridgehead atoms. The minimum atomic E-state index is 0.00488. The van der Waals surface area contributed by atoms with Crippen LogP contribution in [0.1, 0.15) is 17.7 Å². The third kappa shape index (κ3) is 1.80. The molecule has 76 valence electrons. The van der Waals surface area contributed by atoms with Gasteiger partial charge in [0.2, 0.25) is 5.91 Å². The van der Waals surface area contributed by atoms with Crippen molar-refractivity contribution >= 4 is 5.91 Å². The maximum atomic E-state index is 11.4. The molecule has 4 nitrogen and oxygen atoms in total.